The summed E-state index contributed by atoms with van der Waals surface area (Å²) in [5, 5.41) is 1.32. The average molecular weight is 242 g/mol. The maximum absolute atomic E-state index is 5.67. The molecule has 0 bridgehead atoms. The van der Waals surface area contributed by atoms with E-state index in [4.69, 9.17) is 5.73 Å². The van der Waals surface area contributed by atoms with Crippen LogP contribution in [0.1, 0.15) is 30.7 Å². The second-order valence-electron chi connectivity index (χ2n) is 5.13. The number of aryl methyl sites for hydroxylation is 1. The van der Waals surface area contributed by atoms with Gasteiger partial charge in [-0.2, -0.15) is 0 Å². The SMILES string of the molecule is CC(C)=CCc1ccc2c(CCN)c(C)[nH]c2c1. The lowest BCUT2D eigenvalue weighted by molar-refractivity contribution is 0.963. The van der Waals surface area contributed by atoms with Gasteiger partial charge in [-0.05, 0) is 57.4 Å². The predicted octanol–water partition coefficient (Wildman–Crippen LogP) is 3.49. The zero-order chi connectivity index (χ0) is 13.1. The van der Waals surface area contributed by atoms with Crippen molar-refractivity contribution in [3.8, 4) is 0 Å². The zero-order valence-electron chi connectivity index (χ0n) is 11.5. The molecule has 0 aliphatic heterocycles. The Bertz CT molecular complexity index is 572. The first-order valence-corrected chi connectivity index (χ1v) is 6.55. The summed E-state index contributed by atoms with van der Waals surface area (Å²) in [6.07, 6.45) is 4.21. The third kappa shape index (κ3) is 2.65. The lowest BCUT2D eigenvalue weighted by Crippen LogP contribution is -2.03. The molecule has 0 unspecified atom stereocenters. The zero-order valence-corrected chi connectivity index (χ0v) is 11.5. The van der Waals surface area contributed by atoms with Crippen molar-refractivity contribution in [3.63, 3.8) is 0 Å². The molecule has 0 spiro atoms. The Morgan fingerprint density at radius 1 is 1.33 bits per heavy atom. The molecule has 1 aromatic carbocycles. The third-order valence-electron chi connectivity index (χ3n) is 3.32. The molecule has 0 aliphatic carbocycles. The Morgan fingerprint density at radius 2 is 2.11 bits per heavy atom. The summed E-state index contributed by atoms with van der Waals surface area (Å²) in [5.74, 6) is 0. The van der Waals surface area contributed by atoms with Gasteiger partial charge in [0.2, 0.25) is 0 Å². The normalized spacial score (nSPS) is 10.9. The van der Waals surface area contributed by atoms with Crippen molar-refractivity contribution < 1.29 is 0 Å². The van der Waals surface area contributed by atoms with Gasteiger partial charge >= 0.3 is 0 Å². The highest BCUT2D eigenvalue weighted by molar-refractivity contribution is 5.85. The lowest BCUT2D eigenvalue weighted by atomic mass is 10.0. The minimum absolute atomic E-state index is 0.702. The molecule has 2 aromatic rings. The number of allylic oxidation sites excluding steroid dienone is 2. The number of nitrogens with two attached hydrogens (primary N) is 1. The molecule has 0 saturated carbocycles. The van der Waals surface area contributed by atoms with Crippen molar-refractivity contribution in [2.45, 2.75) is 33.6 Å². The van der Waals surface area contributed by atoms with Crippen LogP contribution in [-0.2, 0) is 12.8 Å². The number of nitrogens with one attached hydrogen (secondary N) is 1. The van der Waals surface area contributed by atoms with Crippen LogP contribution >= 0.6 is 0 Å². The number of hydrogen-bond acceptors (Lipinski definition) is 1. The number of hydrogen-bond donors (Lipinski definition) is 2. The molecule has 0 fully saturated rings. The van der Waals surface area contributed by atoms with E-state index in [0.29, 0.717) is 6.54 Å². The van der Waals surface area contributed by atoms with E-state index < -0.39 is 0 Å². The van der Waals surface area contributed by atoms with Gasteiger partial charge in [-0.3, -0.25) is 0 Å². The van der Waals surface area contributed by atoms with E-state index >= 15 is 0 Å². The Morgan fingerprint density at radius 3 is 2.78 bits per heavy atom. The minimum Gasteiger partial charge on any atom is -0.358 e. The minimum atomic E-state index is 0.702. The Balaban J connectivity index is 2.38. The van der Waals surface area contributed by atoms with Crippen molar-refractivity contribution in [2.24, 2.45) is 5.73 Å². The van der Waals surface area contributed by atoms with Gasteiger partial charge in [0.25, 0.3) is 0 Å². The summed E-state index contributed by atoms with van der Waals surface area (Å²) in [6, 6.07) is 6.69. The fraction of sp³-hybridized carbons (Fsp3) is 0.375. The first-order chi connectivity index (χ1) is 8.61. The van der Waals surface area contributed by atoms with Crippen molar-refractivity contribution in [3.05, 3.63) is 46.7 Å². The molecule has 3 N–H and O–H groups in total. The number of rotatable bonds is 4. The predicted molar refractivity (Wildman–Crippen MR) is 78.9 cm³/mol. The first-order valence-electron chi connectivity index (χ1n) is 6.55. The van der Waals surface area contributed by atoms with Gasteiger partial charge < -0.3 is 10.7 Å². The van der Waals surface area contributed by atoms with Crippen LogP contribution in [0.15, 0.2) is 29.8 Å². The second kappa shape index (κ2) is 5.40. The van der Waals surface area contributed by atoms with Crippen LogP contribution in [0.25, 0.3) is 10.9 Å². The maximum Gasteiger partial charge on any atom is 0.0461 e. The molecule has 2 rings (SSSR count). The third-order valence-corrected chi connectivity index (χ3v) is 3.32. The Kier molecular flexibility index (Phi) is 3.87. The lowest BCUT2D eigenvalue weighted by Gasteiger charge is -2.00. The molecule has 0 radical (unpaired) electrons. The maximum atomic E-state index is 5.67. The first kappa shape index (κ1) is 12.9. The van der Waals surface area contributed by atoms with Crippen molar-refractivity contribution in [1.29, 1.82) is 0 Å². The van der Waals surface area contributed by atoms with E-state index in [9.17, 15) is 0 Å². The topological polar surface area (TPSA) is 41.8 Å². The molecule has 2 heteroatoms. The van der Waals surface area contributed by atoms with E-state index in [2.05, 4.69) is 50.0 Å². The fourth-order valence-corrected chi connectivity index (χ4v) is 2.35. The molecule has 2 nitrogen and oxygen atoms in total. The highest BCUT2D eigenvalue weighted by Crippen LogP contribution is 2.23. The molecular formula is C16H22N2. The largest absolute Gasteiger partial charge is 0.358 e. The van der Waals surface area contributed by atoms with Crippen LogP contribution in [0.3, 0.4) is 0 Å². The van der Waals surface area contributed by atoms with E-state index in [0.717, 1.165) is 12.8 Å². The molecule has 0 amide bonds. The van der Waals surface area contributed by atoms with Gasteiger partial charge in [-0.25, -0.2) is 0 Å². The smallest absolute Gasteiger partial charge is 0.0461 e. The number of fused-ring (bicyclic) bond motifs is 1. The summed E-state index contributed by atoms with van der Waals surface area (Å²) in [5.41, 5.74) is 12.2. The Hall–Kier alpha value is -1.54. The van der Waals surface area contributed by atoms with Crippen LogP contribution in [0, 0.1) is 6.92 Å². The summed E-state index contributed by atoms with van der Waals surface area (Å²) in [4.78, 5) is 3.46. The number of H-pyrrole nitrogens is 1. The monoisotopic (exact) mass is 242 g/mol. The van der Waals surface area contributed by atoms with E-state index in [1.165, 1.54) is 33.3 Å². The van der Waals surface area contributed by atoms with Crippen molar-refractivity contribution in [2.75, 3.05) is 6.54 Å². The van der Waals surface area contributed by atoms with Gasteiger partial charge in [0, 0.05) is 16.6 Å². The fourth-order valence-electron chi connectivity index (χ4n) is 2.35. The summed E-state index contributed by atoms with van der Waals surface area (Å²) in [6.45, 7) is 7.10. The van der Waals surface area contributed by atoms with Crippen molar-refractivity contribution >= 4 is 10.9 Å². The van der Waals surface area contributed by atoms with Crippen molar-refractivity contribution in [1.82, 2.24) is 4.98 Å². The molecule has 18 heavy (non-hydrogen) atoms. The van der Waals surface area contributed by atoms with E-state index in [1.807, 2.05) is 0 Å². The molecule has 0 saturated heterocycles. The van der Waals surface area contributed by atoms with Crippen LogP contribution in [0.4, 0.5) is 0 Å². The number of aromatic nitrogens is 1. The summed E-state index contributed by atoms with van der Waals surface area (Å²) >= 11 is 0. The Labute approximate surface area is 109 Å². The van der Waals surface area contributed by atoms with Gasteiger partial charge in [0.05, 0.1) is 0 Å². The van der Waals surface area contributed by atoms with Crippen LogP contribution in [0.5, 0.6) is 0 Å². The highest BCUT2D eigenvalue weighted by atomic mass is 14.7. The van der Waals surface area contributed by atoms with Gasteiger partial charge in [-0.15, -0.1) is 0 Å². The molecule has 1 heterocycles. The molecule has 96 valence electrons. The average Bonchev–Trinajstić information content (AvgIpc) is 2.63. The number of benzene rings is 1. The van der Waals surface area contributed by atoms with Crippen LogP contribution < -0.4 is 5.73 Å². The van der Waals surface area contributed by atoms with Crippen LogP contribution in [-0.4, -0.2) is 11.5 Å². The second-order valence-corrected chi connectivity index (χ2v) is 5.13. The molecule has 0 aliphatic rings. The summed E-state index contributed by atoms with van der Waals surface area (Å²) < 4.78 is 0. The quantitative estimate of drug-likeness (QED) is 0.792. The van der Waals surface area contributed by atoms with Crippen LogP contribution in [0.2, 0.25) is 0 Å². The molecule has 0 atom stereocenters. The van der Waals surface area contributed by atoms with Gasteiger partial charge in [0.15, 0.2) is 0 Å². The molecule has 1 aromatic heterocycles. The summed E-state index contributed by atoms with van der Waals surface area (Å²) in [7, 11) is 0. The standard InChI is InChI=1S/C16H22N2/c1-11(2)4-5-13-6-7-15-14(8-9-17)12(3)18-16(15)10-13/h4,6-7,10,18H,5,8-9,17H2,1-3H3. The van der Waals surface area contributed by atoms with Gasteiger partial charge in [0.1, 0.15) is 0 Å². The van der Waals surface area contributed by atoms with E-state index in [1.54, 1.807) is 0 Å². The molecular weight excluding hydrogens is 220 g/mol. The number of aromatic amines is 1. The van der Waals surface area contributed by atoms with E-state index in [-0.39, 0.29) is 0 Å². The van der Waals surface area contributed by atoms with Gasteiger partial charge in [-0.1, -0.05) is 23.8 Å². The highest BCUT2D eigenvalue weighted by Gasteiger charge is 2.07.